The molecule has 0 amide bonds. The van der Waals surface area contributed by atoms with E-state index in [0.717, 1.165) is 81.4 Å². The van der Waals surface area contributed by atoms with Gasteiger partial charge in [0.15, 0.2) is 6.10 Å². The summed E-state index contributed by atoms with van der Waals surface area (Å²) in [4.78, 5) is 16.3. The molecule has 4 aliphatic rings. The van der Waals surface area contributed by atoms with Gasteiger partial charge >= 0.3 is 5.97 Å². The molecule has 0 radical (unpaired) electrons. The van der Waals surface area contributed by atoms with Gasteiger partial charge in [-0.25, -0.2) is 9.18 Å². The molecule has 4 saturated heterocycles. The third-order valence-corrected chi connectivity index (χ3v) is 8.81. The third kappa shape index (κ3) is 5.50. The average Bonchev–Trinajstić information content (AvgIpc) is 2.89. The summed E-state index contributed by atoms with van der Waals surface area (Å²) >= 11 is 0. The van der Waals surface area contributed by atoms with Crippen LogP contribution in [0.25, 0.3) is 0 Å². The van der Waals surface area contributed by atoms with E-state index >= 15 is 0 Å². The first-order valence-corrected chi connectivity index (χ1v) is 13.1. The van der Waals surface area contributed by atoms with Crippen molar-refractivity contribution in [1.29, 1.82) is 0 Å². The Morgan fingerprint density at radius 2 is 1.69 bits per heavy atom. The summed E-state index contributed by atoms with van der Waals surface area (Å²) in [6, 6.07) is 17.1. The lowest BCUT2D eigenvalue weighted by Crippen LogP contribution is -3.00. The van der Waals surface area contributed by atoms with Crippen molar-refractivity contribution in [3.8, 4) is 0 Å². The Hall–Kier alpha value is -1.76. The minimum Gasteiger partial charge on any atom is -1.00 e. The number of hydrogen-bond donors (Lipinski definition) is 0. The van der Waals surface area contributed by atoms with Crippen LogP contribution in [0.3, 0.4) is 0 Å². The molecule has 0 aliphatic carbocycles. The van der Waals surface area contributed by atoms with Crippen molar-refractivity contribution >= 4 is 5.97 Å². The average molecular weight is 546 g/mol. The molecule has 35 heavy (non-hydrogen) atoms. The minimum atomic E-state index is -0.743. The van der Waals surface area contributed by atoms with Gasteiger partial charge in [0.05, 0.1) is 19.6 Å². The van der Waals surface area contributed by atoms with Gasteiger partial charge in [0.1, 0.15) is 17.9 Å². The lowest BCUT2D eigenvalue weighted by atomic mass is 9.82. The molecule has 2 aromatic carbocycles. The summed E-state index contributed by atoms with van der Waals surface area (Å²) in [5.74, 6) is 0.198. The summed E-state index contributed by atoms with van der Waals surface area (Å²) in [6.45, 7) is 8.18. The second kappa shape index (κ2) is 11.1. The van der Waals surface area contributed by atoms with E-state index in [4.69, 9.17) is 4.74 Å². The largest absolute Gasteiger partial charge is 1.00 e. The van der Waals surface area contributed by atoms with Crippen molar-refractivity contribution in [1.82, 2.24) is 4.90 Å². The smallest absolute Gasteiger partial charge is 0.331 e. The van der Waals surface area contributed by atoms with Gasteiger partial charge in [0.2, 0.25) is 0 Å². The van der Waals surface area contributed by atoms with Gasteiger partial charge < -0.3 is 26.2 Å². The molecule has 4 heterocycles. The Bertz CT molecular complexity index is 972. The molecule has 4 aliphatic heterocycles. The number of esters is 1. The van der Waals surface area contributed by atoms with Crippen molar-refractivity contribution in [3.63, 3.8) is 0 Å². The maximum Gasteiger partial charge on any atom is 0.331 e. The molecule has 0 N–H and O–H groups in total. The maximum absolute atomic E-state index is 13.9. The van der Waals surface area contributed by atoms with Crippen LogP contribution >= 0.6 is 0 Å². The zero-order valence-electron chi connectivity index (χ0n) is 20.8. The first kappa shape index (κ1) is 26.3. The number of carbonyl (C=O) groups is 1. The number of fused-ring (bicyclic) bond motifs is 3. The molecular formula is C29H38BrFN2O2. The summed E-state index contributed by atoms with van der Waals surface area (Å²) in [5.41, 5.74) is 1.47. The van der Waals surface area contributed by atoms with E-state index in [-0.39, 0.29) is 34.9 Å². The molecule has 2 atom stereocenters. The van der Waals surface area contributed by atoms with E-state index < -0.39 is 5.54 Å². The molecular weight excluding hydrogens is 507 g/mol. The van der Waals surface area contributed by atoms with Crippen LogP contribution in [-0.4, -0.2) is 60.7 Å². The number of likely N-dealkylation sites (tertiary alicyclic amines) is 1. The Balaban J connectivity index is 0.00000289. The highest BCUT2D eigenvalue weighted by atomic mass is 79.9. The first-order chi connectivity index (χ1) is 16.5. The highest BCUT2D eigenvalue weighted by Crippen LogP contribution is 2.39. The Labute approximate surface area is 219 Å². The molecule has 0 spiro atoms. The number of quaternary nitrogens is 1. The topological polar surface area (TPSA) is 29.5 Å². The van der Waals surface area contributed by atoms with Crippen molar-refractivity contribution < 1.29 is 35.4 Å². The van der Waals surface area contributed by atoms with E-state index in [2.05, 4.69) is 24.0 Å². The molecule has 2 aromatic rings. The number of halogens is 2. The summed E-state index contributed by atoms with van der Waals surface area (Å²) < 4.78 is 20.8. The SMILES string of the molecule is CC(C(=O)OC1C[N+]2(CCc3ccc(F)cc3)CCC1CC2)(c1ccccc1)N1CCCCC1.[Br-]. The van der Waals surface area contributed by atoms with Gasteiger partial charge in [-0.3, -0.25) is 4.90 Å². The number of benzene rings is 2. The molecule has 2 unspecified atom stereocenters. The predicted molar refractivity (Wildman–Crippen MR) is 132 cm³/mol. The van der Waals surface area contributed by atoms with Crippen LogP contribution in [0.2, 0.25) is 0 Å². The fourth-order valence-corrected chi connectivity index (χ4v) is 6.47. The standard InChI is InChI=1S/C29H38FN2O2.BrH/c1-29(25-8-4-2-5-9-25,31-17-6-3-7-18-31)28(33)34-27-22-32(20-15-24(27)16-21-32)19-14-23-10-12-26(30)13-11-23;/h2,4-5,8-13,24,27H,3,6-7,14-22H2,1H3;1H/q+1;/p-1. The zero-order valence-corrected chi connectivity index (χ0v) is 22.4. The lowest BCUT2D eigenvalue weighted by molar-refractivity contribution is -0.946. The Morgan fingerprint density at radius 3 is 2.34 bits per heavy atom. The Kier molecular flexibility index (Phi) is 8.34. The lowest BCUT2D eigenvalue weighted by Gasteiger charge is -2.53. The molecule has 0 aromatic heterocycles. The van der Waals surface area contributed by atoms with Crippen LogP contribution in [0, 0.1) is 11.7 Å². The normalized spacial score (nSPS) is 28.1. The van der Waals surface area contributed by atoms with E-state index in [1.165, 1.54) is 12.0 Å². The number of nitrogens with zero attached hydrogens (tertiary/aromatic N) is 2. The van der Waals surface area contributed by atoms with Crippen molar-refractivity contribution in [2.75, 3.05) is 39.3 Å². The van der Waals surface area contributed by atoms with E-state index in [9.17, 15) is 9.18 Å². The molecule has 0 saturated carbocycles. The minimum absolute atomic E-state index is 0. The van der Waals surface area contributed by atoms with Gasteiger partial charge in [0, 0.05) is 25.2 Å². The van der Waals surface area contributed by atoms with Crippen LogP contribution < -0.4 is 17.0 Å². The highest BCUT2D eigenvalue weighted by molar-refractivity contribution is 5.82. The summed E-state index contributed by atoms with van der Waals surface area (Å²) in [6.07, 6.45) is 6.64. The van der Waals surface area contributed by atoms with Crippen LogP contribution in [0.4, 0.5) is 4.39 Å². The molecule has 6 rings (SSSR count). The predicted octanol–water partition coefficient (Wildman–Crippen LogP) is 1.93. The number of rotatable bonds is 7. The van der Waals surface area contributed by atoms with Crippen LogP contribution in [0.5, 0.6) is 0 Å². The van der Waals surface area contributed by atoms with Crippen LogP contribution in [-0.2, 0) is 21.5 Å². The van der Waals surface area contributed by atoms with Crippen molar-refractivity contribution in [3.05, 3.63) is 71.5 Å². The number of carbonyl (C=O) groups excluding carboxylic acids is 1. The zero-order chi connectivity index (χ0) is 23.6. The van der Waals surface area contributed by atoms with E-state index in [0.29, 0.717) is 5.92 Å². The van der Waals surface area contributed by atoms with Gasteiger partial charge in [-0.15, -0.1) is 0 Å². The quantitative estimate of drug-likeness (QED) is 0.394. The fraction of sp³-hybridized carbons (Fsp3) is 0.552. The molecule has 190 valence electrons. The molecule has 6 heteroatoms. The van der Waals surface area contributed by atoms with Crippen molar-refractivity contribution in [2.24, 2.45) is 5.92 Å². The van der Waals surface area contributed by atoms with Gasteiger partial charge in [-0.2, -0.15) is 0 Å². The first-order valence-electron chi connectivity index (χ1n) is 13.1. The number of piperidine rings is 4. The van der Waals surface area contributed by atoms with Crippen LogP contribution in [0.15, 0.2) is 54.6 Å². The van der Waals surface area contributed by atoms with Gasteiger partial charge in [-0.1, -0.05) is 48.9 Å². The number of hydrogen-bond acceptors (Lipinski definition) is 3. The second-order valence-corrected chi connectivity index (χ2v) is 10.8. The highest BCUT2D eigenvalue weighted by Gasteiger charge is 2.50. The van der Waals surface area contributed by atoms with Gasteiger partial charge in [-0.05, 0) is 56.1 Å². The molecule has 4 nitrogen and oxygen atoms in total. The van der Waals surface area contributed by atoms with Crippen molar-refractivity contribution in [2.45, 2.75) is 57.1 Å². The van der Waals surface area contributed by atoms with Crippen LogP contribution in [0.1, 0.15) is 50.2 Å². The van der Waals surface area contributed by atoms with E-state index in [1.807, 2.05) is 30.3 Å². The second-order valence-electron chi connectivity index (χ2n) is 10.8. The summed E-state index contributed by atoms with van der Waals surface area (Å²) in [7, 11) is 0. The molecule has 2 bridgehead atoms. The molecule has 4 fully saturated rings. The fourth-order valence-electron chi connectivity index (χ4n) is 6.47. The van der Waals surface area contributed by atoms with Gasteiger partial charge in [0.25, 0.3) is 0 Å². The number of ether oxygens (including phenoxy) is 1. The maximum atomic E-state index is 13.9. The van der Waals surface area contributed by atoms with E-state index in [1.54, 1.807) is 12.1 Å². The third-order valence-electron chi connectivity index (χ3n) is 8.81. The Morgan fingerprint density at radius 1 is 1.03 bits per heavy atom. The monoisotopic (exact) mass is 544 g/mol. The summed E-state index contributed by atoms with van der Waals surface area (Å²) in [5, 5.41) is 0.